The van der Waals surface area contributed by atoms with Crippen LogP contribution in [-0.4, -0.2) is 42.4 Å². The summed E-state index contributed by atoms with van der Waals surface area (Å²) >= 11 is 13.0. The first kappa shape index (κ1) is 27.0. The first-order valence-electron chi connectivity index (χ1n) is 12.4. The third-order valence-corrected chi connectivity index (χ3v) is 7.24. The quantitative estimate of drug-likeness (QED) is 0.266. The van der Waals surface area contributed by atoms with Crippen molar-refractivity contribution in [1.29, 1.82) is 0 Å². The number of nitrogens with zero attached hydrogens (tertiary/aromatic N) is 4. The highest BCUT2D eigenvalue weighted by Gasteiger charge is 2.44. The van der Waals surface area contributed by atoms with Gasteiger partial charge in [0.25, 0.3) is 0 Å². The molecule has 0 fully saturated rings. The Kier molecular flexibility index (Phi) is 6.81. The van der Waals surface area contributed by atoms with Gasteiger partial charge in [-0.15, -0.1) is 0 Å². The molecule has 1 amide bonds. The maximum Gasteiger partial charge on any atom is 0.408 e. The SMILES string of the molecule is CC1(C)CC(N(C(=O)O)C(C)(C)C)c2cc(-c3ccc(Cl)cc3)c(-c3ccc(-c4ncon4)cc3Cl)nc2O1. The van der Waals surface area contributed by atoms with E-state index in [-0.39, 0.29) is 0 Å². The van der Waals surface area contributed by atoms with Crippen LogP contribution in [0.4, 0.5) is 4.79 Å². The molecule has 202 valence electrons. The summed E-state index contributed by atoms with van der Waals surface area (Å²) in [6.07, 6.45) is 0.715. The zero-order valence-corrected chi connectivity index (χ0v) is 23.7. The van der Waals surface area contributed by atoms with Crippen molar-refractivity contribution < 1.29 is 19.2 Å². The summed E-state index contributed by atoms with van der Waals surface area (Å²) < 4.78 is 11.2. The van der Waals surface area contributed by atoms with Crippen molar-refractivity contribution in [2.24, 2.45) is 0 Å². The molecular weight excluding hydrogens is 539 g/mol. The predicted molar refractivity (Wildman–Crippen MR) is 150 cm³/mol. The van der Waals surface area contributed by atoms with Crippen molar-refractivity contribution >= 4 is 29.3 Å². The standard InChI is InChI=1S/C29H28Cl2N4O4/c1-28(2,3)35(27(36)37)23-14-29(4,5)39-26-21(23)13-20(16-6-9-18(30)10-7-16)24(33-26)19-11-8-17(12-22(19)31)25-32-15-38-34-25/h6-13,15,23H,14H2,1-5H3,(H,36,37). The Morgan fingerprint density at radius 1 is 1.05 bits per heavy atom. The monoisotopic (exact) mass is 566 g/mol. The van der Waals surface area contributed by atoms with Gasteiger partial charge in [0.1, 0.15) is 5.60 Å². The highest BCUT2D eigenvalue weighted by molar-refractivity contribution is 6.33. The summed E-state index contributed by atoms with van der Waals surface area (Å²) in [7, 11) is 0. The molecule has 1 aliphatic heterocycles. The maximum absolute atomic E-state index is 12.5. The van der Waals surface area contributed by atoms with Gasteiger partial charge in [0.2, 0.25) is 18.1 Å². The van der Waals surface area contributed by atoms with Crippen molar-refractivity contribution in [3.8, 4) is 39.7 Å². The van der Waals surface area contributed by atoms with E-state index in [9.17, 15) is 9.90 Å². The van der Waals surface area contributed by atoms with E-state index in [2.05, 4.69) is 10.1 Å². The molecule has 0 saturated heterocycles. The number of pyridine rings is 1. The van der Waals surface area contributed by atoms with Gasteiger partial charge in [-0.3, -0.25) is 4.90 Å². The number of aromatic nitrogens is 3. The van der Waals surface area contributed by atoms with Gasteiger partial charge >= 0.3 is 6.09 Å². The van der Waals surface area contributed by atoms with E-state index in [1.165, 1.54) is 11.3 Å². The number of rotatable bonds is 4. The van der Waals surface area contributed by atoms with Crippen molar-refractivity contribution in [3.05, 3.63) is 70.5 Å². The molecule has 1 atom stereocenters. The molecule has 1 aliphatic rings. The van der Waals surface area contributed by atoms with E-state index in [4.69, 9.17) is 37.4 Å². The fourth-order valence-corrected chi connectivity index (χ4v) is 5.42. The van der Waals surface area contributed by atoms with Crippen LogP contribution in [0.2, 0.25) is 10.0 Å². The molecule has 0 aliphatic carbocycles. The molecule has 2 aromatic heterocycles. The summed E-state index contributed by atoms with van der Waals surface area (Å²) in [5.41, 5.74) is 2.96. The molecule has 0 bridgehead atoms. The Labute approximate surface area is 236 Å². The highest BCUT2D eigenvalue weighted by atomic mass is 35.5. The summed E-state index contributed by atoms with van der Waals surface area (Å²) in [6.45, 7) is 9.53. The normalized spacial score (nSPS) is 16.3. The molecule has 0 spiro atoms. The van der Waals surface area contributed by atoms with Crippen LogP contribution >= 0.6 is 23.2 Å². The van der Waals surface area contributed by atoms with Crippen LogP contribution in [0.5, 0.6) is 5.88 Å². The molecule has 5 rings (SSSR count). The van der Waals surface area contributed by atoms with E-state index in [0.717, 1.165) is 11.1 Å². The van der Waals surface area contributed by atoms with Gasteiger partial charge in [0, 0.05) is 39.2 Å². The molecule has 2 aromatic carbocycles. The van der Waals surface area contributed by atoms with Crippen LogP contribution in [0.25, 0.3) is 33.8 Å². The van der Waals surface area contributed by atoms with Crippen LogP contribution < -0.4 is 4.74 Å². The van der Waals surface area contributed by atoms with E-state index >= 15 is 0 Å². The van der Waals surface area contributed by atoms with Crippen molar-refractivity contribution in [2.75, 3.05) is 0 Å². The number of fused-ring (bicyclic) bond motifs is 1. The lowest BCUT2D eigenvalue weighted by Gasteiger charge is -2.46. The number of carbonyl (C=O) groups is 1. The molecule has 10 heteroatoms. The smallest absolute Gasteiger partial charge is 0.408 e. The molecule has 4 aromatic rings. The number of hydrogen-bond donors (Lipinski definition) is 1. The second-order valence-corrected chi connectivity index (χ2v) is 12.0. The summed E-state index contributed by atoms with van der Waals surface area (Å²) in [6, 6.07) is 14.3. The fourth-order valence-electron chi connectivity index (χ4n) is 5.03. The largest absolute Gasteiger partial charge is 0.471 e. The van der Waals surface area contributed by atoms with Gasteiger partial charge in [-0.05, 0) is 64.4 Å². The van der Waals surface area contributed by atoms with E-state index in [0.29, 0.717) is 50.6 Å². The second-order valence-electron chi connectivity index (χ2n) is 11.1. The lowest BCUT2D eigenvalue weighted by atomic mass is 9.86. The number of halogens is 2. The van der Waals surface area contributed by atoms with Gasteiger partial charge < -0.3 is 14.4 Å². The Hall–Kier alpha value is -3.62. The number of benzene rings is 2. The molecule has 39 heavy (non-hydrogen) atoms. The molecule has 1 N–H and O–H groups in total. The van der Waals surface area contributed by atoms with Crippen molar-refractivity contribution in [2.45, 2.75) is 58.2 Å². The molecule has 0 radical (unpaired) electrons. The zero-order valence-electron chi connectivity index (χ0n) is 22.2. The maximum atomic E-state index is 12.5. The average molecular weight is 567 g/mol. The Balaban J connectivity index is 1.75. The predicted octanol–water partition coefficient (Wildman–Crippen LogP) is 8.15. The van der Waals surface area contributed by atoms with E-state index in [1.54, 1.807) is 18.2 Å². The van der Waals surface area contributed by atoms with Crippen LogP contribution in [0.1, 0.15) is 52.6 Å². The van der Waals surface area contributed by atoms with Crippen LogP contribution in [0.3, 0.4) is 0 Å². The van der Waals surface area contributed by atoms with Crippen LogP contribution in [0, 0.1) is 0 Å². The molecular formula is C29H28Cl2N4O4. The average Bonchev–Trinajstić information content (AvgIpc) is 3.37. The third kappa shape index (κ3) is 5.31. The topological polar surface area (TPSA) is 102 Å². The third-order valence-electron chi connectivity index (χ3n) is 6.67. The van der Waals surface area contributed by atoms with Gasteiger partial charge in [-0.25, -0.2) is 9.78 Å². The van der Waals surface area contributed by atoms with E-state index < -0.39 is 23.3 Å². The number of amides is 1. The zero-order chi connectivity index (χ0) is 28.1. The number of ether oxygens (including phenoxy) is 1. The summed E-state index contributed by atoms with van der Waals surface area (Å²) in [5, 5.41) is 15.2. The lowest BCUT2D eigenvalue weighted by molar-refractivity contribution is 0.00156. The van der Waals surface area contributed by atoms with Crippen molar-refractivity contribution in [1.82, 2.24) is 20.0 Å². The minimum absolute atomic E-state index is 0.373. The second kappa shape index (κ2) is 9.84. The molecule has 1 unspecified atom stereocenters. The first-order valence-corrected chi connectivity index (χ1v) is 13.2. The van der Waals surface area contributed by atoms with Crippen LogP contribution in [-0.2, 0) is 0 Å². The Bertz CT molecular complexity index is 1530. The molecule has 8 nitrogen and oxygen atoms in total. The highest BCUT2D eigenvalue weighted by Crippen LogP contribution is 2.48. The first-order chi connectivity index (χ1) is 18.3. The molecule has 0 saturated carbocycles. The minimum Gasteiger partial charge on any atom is -0.471 e. The van der Waals surface area contributed by atoms with Gasteiger partial charge in [-0.1, -0.05) is 52.6 Å². The summed E-state index contributed by atoms with van der Waals surface area (Å²) in [4.78, 5) is 23.1. The number of carboxylic acid groups (broad SMARTS) is 1. The van der Waals surface area contributed by atoms with Crippen molar-refractivity contribution in [3.63, 3.8) is 0 Å². The van der Waals surface area contributed by atoms with Gasteiger partial charge in [0.15, 0.2) is 0 Å². The molecule has 3 heterocycles. The fraction of sp³-hybridized carbons (Fsp3) is 0.310. The van der Waals surface area contributed by atoms with Gasteiger partial charge in [0.05, 0.1) is 16.8 Å². The van der Waals surface area contributed by atoms with Crippen LogP contribution in [0.15, 0.2) is 59.4 Å². The van der Waals surface area contributed by atoms with Gasteiger partial charge in [-0.2, -0.15) is 4.98 Å². The summed E-state index contributed by atoms with van der Waals surface area (Å²) in [5.74, 6) is 0.793. The minimum atomic E-state index is -1.01. The number of hydrogen-bond acceptors (Lipinski definition) is 6. The van der Waals surface area contributed by atoms with E-state index in [1.807, 2.05) is 65.0 Å². The lowest BCUT2D eigenvalue weighted by Crippen LogP contribution is -2.51. The Morgan fingerprint density at radius 2 is 1.74 bits per heavy atom. The Morgan fingerprint density at radius 3 is 2.33 bits per heavy atom.